The summed E-state index contributed by atoms with van der Waals surface area (Å²) in [4.78, 5) is 36.8. The maximum absolute atomic E-state index is 11.7. The van der Waals surface area contributed by atoms with Crippen LogP contribution in [0.25, 0.3) is 5.13 Å². The van der Waals surface area contributed by atoms with E-state index in [0.29, 0.717) is 5.69 Å². The van der Waals surface area contributed by atoms with Gasteiger partial charge in [-0.3, -0.25) is 24.8 Å². The SMILES string of the molecule is O=c1ccc(=O)n(-c2nc(O)c(N=Nc3ccc([N+](=O)[O-])cc3)s2)[nH]1. The van der Waals surface area contributed by atoms with E-state index in [9.17, 15) is 24.8 Å². The van der Waals surface area contributed by atoms with Crippen molar-refractivity contribution in [3.05, 3.63) is 67.2 Å². The average Bonchev–Trinajstić information content (AvgIpc) is 2.96. The van der Waals surface area contributed by atoms with Gasteiger partial charge in [-0.15, -0.1) is 10.2 Å². The fourth-order valence-corrected chi connectivity index (χ4v) is 2.51. The molecule has 3 rings (SSSR count). The van der Waals surface area contributed by atoms with Crippen LogP contribution < -0.4 is 11.1 Å². The van der Waals surface area contributed by atoms with Crippen molar-refractivity contribution >= 4 is 27.7 Å². The Balaban J connectivity index is 1.90. The lowest BCUT2D eigenvalue weighted by Crippen LogP contribution is -2.26. The molecule has 0 bridgehead atoms. The molecule has 2 aromatic heterocycles. The predicted molar refractivity (Wildman–Crippen MR) is 87.3 cm³/mol. The Morgan fingerprint density at radius 2 is 1.88 bits per heavy atom. The minimum atomic E-state index is -0.541. The predicted octanol–water partition coefficient (Wildman–Crippen LogP) is 2.01. The van der Waals surface area contributed by atoms with Crippen molar-refractivity contribution in [3.63, 3.8) is 0 Å². The van der Waals surface area contributed by atoms with Gasteiger partial charge < -0.3 is 5.11 Å². The van der Waals surface area contributed by atoms with Gasteiger partial charge in [-0.05, 0) is 12.1 Å². The molecular formula is C13H8N6O5S. The molecule has 3 aromatic rings. The fraction of sp³-hybridized carbons (Fsp3) is 0. The van der Waals surface area contributed by atoms with E-state index in [0.717, 1.165) is 28.2 Å². The maximum Gasteiger partial charge on any atom is 0.272 e. The summed E-state index contributed by atoms with van der Waals surface area (Å²) in [5.74, 6) is -0.470. The summed E-state index contributed by atoms with van der Waals surface area (Å²) in [7, 11) is 0. The Kier molecular flexibility index (Phi) is 4.18. The van der Waals surface area contributed by atoms with E-state index in [1.807, 2.05) is 0 Å². The normalized spacial score (nSPS) is 11.0. The van der Waals surface area contributed by atoms with Crippen molar-refractivity contribution in [2.75, 3.05) is 0 Å². The summed E-state index contributed by atoms with van der Waals surface area (Å²) in [5, 5.41) is 30.3. The standard InChI is InChI=1S/C13H8N6O5S/c20-9-5-6-10(21)18(17-9)13-14-11(22)12(25-13)16-15-7-1-3-8(4-2-7)19(23)24/h1-6,22H,(H,17,20). The van der Waals surface area contributed by atoms with Crippen LogP contribution in [-0.2, 0) is 0 Å². The zero-order valence-electron chi connectivity index (χ0n) is 12.2. The first-order chi connectivity index (χ1) is 11.9. The molecule has 0 spiro atoms. The second-order valence-electron chi connectivity index (χ2n) is 4.58. The van der Waals surface area contributed by atoms with E-state index >= 15 is 0 Å². The Hall–Kier alpha value is -3.67. The first-order valence-electron chi connectivity index (χ1n) is 6.63. The number of nitrogens with one attached hydrogen (secondary N) is 1. The maximum atomic E-state index is 11.7. The number of hydrogen-bond acceptors (Lipinski definition) is 9. The molecule has 0 atom stereocenters. The van der Waals surface area contributed by atoms with Crippen molar-refractivity contribution in [1.29, 1.82) is 0 Å². The summed E-state index contributed by atoms with van der Waals surface area (Å²) < 4.78 is 0.873. The molecule has 1 aromatic carbocycles. The quantitative estimate of drug-likeness (QED) is 0.412. The molecule has 2 heterocycles. The van der Waals surface area contributed by atoms with Crippen LogP contribution in [0.4, 0.5) is 16.4 Å². The molecule has 0 radical (unpaired) electrons. The molecular weight excluding hydrogens is 352 g/mol. The summed E-state index contributed by atoms with van der Waals surface area (Å²) in [6, 6.07) is 7.44. The Bertz CT molecular complexity index is 1080. The number of non-ortho nitro benzene ring substituents is 1. The molecule has 0 aliphatic heterocycles. The van der Waals surface area contributed by atoms with E-state index in [-0.39, 0.29) is 15.8 Å². The van der Waals surface area contributed by atoms with Gasteiger partial charge in [0.25, 0.3) is 22.7 Å². The van der Waals surface area contributed by atoms with Gasteiger partial charge in [-0.1, -0.05) is 11.3 Å². The van der Waals surface area contributed by atoms with Crippen molar-refractivity contribution in [2.45, 2.75) is 0 Å². The topological polar surface area (TPSA) is 156 Å². The van der Waals surface area contributed by atoms with Crippen LogP contribution in [0.1, 0.15) is 0 Å². The lowest BCUT2D eigenvalue weighted by atomic mass is 10.3. The Morgan fingerprint density at radius 3 is 2.56 bits per heavy atom. The van der Waals surface area contributed by atoms with Crippen molar-refractivity contribution in [2.24, 2.45) is 10.2 Å². The van der Waals surface area contributed by atoms with Gasteiger partial charge >= 0.3 is 0 Å². The number of azo groups is 1. The van der Waals surface area contributed by atoms with E-state index < -0.39 is 21.9 Å². The highest BCUT2D eigenvalue weighted by Gasteiger charge is 2.13. The number of aromatic amines is 1. The van der Waals surface area contributed by atoms with Crippen LogP contribution in [0, 0.1) is 10.1 Å². The highest BCUT2D eigenvalue weighted by Crippen LogP contribution is 2.35. The van der Waals surface area contributed by atoms with Crippen LogP contribution in [0.3, 0.4) is 0 Å². The van der Waals surface area contributed by atoms with Crippen molar-refractivity contribution in [3.8, 4) is 11.0 Å². The number of benzene rings is 1. The van der Waals surface area contributed by atoms with Gasteiger partial charge in [0, 0.05) is 24.3 Å². The number of H-pyrrole nitrogens is 1. The van der Waals surface area contributed by atoms with Gasteiger partial charge in [0.05, 0.1) is 10.6 Å². The second kappa shape index (κ2) is 6.45. The third-order valence-electron chi connectivity index (χ3n) is 2.91. The molecule has 12 heteroatoms. The van der Waals surface area contributed by atoms with E-state index in [1.165, 1.54) is 24.3 Å². The van der Waals surface area contributed by atoms with E-state index in [4.69, 9.17) is 0 Å². The monoisotopic (exact) mass is 360 g/mol. The lowest BCUT2D eigenvalue weighted by Gasteiger charge is -1.97. The van der Waals surface area contributed by atoms with Gasteiger partial charge in [0.1, 0.15) is 0 Å². The van der Waals surface area contributed by atoms with Gasteiger partial charge in [0.2, 0.25) is 10.1 Å². The highest BCUT2D eigenvalue weighted by atomic mass is 32.1. The summed E-state index contributed by atoms with van der Waals surface area (Å²) in [5.41, 5.74) is -0.810. The third kappa shape index (κ3) is 3.48. The first kappa shape index (κ1) is 16.2. The first-order valence-corrected chi connectivity index (χ1v) is 7.44. The summed E-state index contributed by atoms with van der Waals surface area (Å²) in [6.07, 6.45) is 0. The molecule has 25 heavy (non-hydrogen) atoms. The molecule has 0 fully saturated rings. The van der Waals surface area contributed by atoms with Gasteiger partial charge in [-0.2, -0.15) is 9.67 Å². The zero-order valence-corrected chi connectivity index (χ0v) is 13.0. The smallest absolute Gasteiger partial charge is 0.272 e. The van der Waals surface area contributed by atoms with Crippen LogP contribution in [-0.4, -0.2) is 24.8 Å². The molecule has 0 amide bonds. The number of thiazole rings is 1. The molecule has 11 nitrogen and oxygen atoms in total. The minimum absolute atomic E-state index is 0.00459. The largest absolute Gasteiger partial charge is 0.491 e. The third-order valence-corrected chi connectivity index (χ3v) is 3.82. The number of rotatable bonds is 4. The van der Waals surface area contributed by atoms with Gasteiger partial charge in [-0.25, -0.2) is 0 Å². The Morgan fingerprint density at radius 1 is 1.16 bits per heavy atom. The van der Waals surface area contributed by atoms with E-state index in [1.54, 1.807) is 0 Å². The number of aromatic nitrogens is 3. The van der Waals surface area contributed by atoms with Gasteiger partial charge in [0.15, 0.2) is 0 Å². The molecule has 0 unspecified atom stereocenters. The van der Waals surface area contributed by atoms with Crippen LogP contribution in [0.5, 0.6) is 5.88 Å². The van der Waals surface area contributed by atoms with Crippen LogP contribution in [0.2, 0.25) is 0 Å². The number of hydrogen-bond donors (Lipinski definition) is 2. The summed E-state index contributed by atoms with van der Waals surface area (Å²) in [6.45, 7) is 0. The van der Waals surface area contributed by atoms with Crippen molar-refractivity contribution in [1.82, 2.24) is 14.8 Å². The van der Waals surface area contributed by atoms with Crippen LogP contribution in [0.15, 0.2) is 56.2 Å². The molecule has 2 N–H and O–H groups in total. The Labute approximate surface area is 141 Å². The fourth-order valence-electron chi connectivity index (χ4n) is 1.76. The highest BCUT2D eigenvalue weighted by molar-refractivity contribution is 7.18. The number of aromatic hydroxyl groups is 1. The second-order valence-corrected chi connectivity index (χ2v) is 5.54. The average molecular weight is 360 g/mol. The molecule has 0 saturated carbocycles. The minimum Gasteiger partial charge on any atom is -0.491 e. The number of nitro groups is 1. The summed E-state index contributed by atoms with van der Waals surface area (Å²) >= 11 is 0.826. The van der Waals surface area contributed by atoms with Crippen molar-refractivity contribution < 1.29 is 10.0 Å². The molecule has 0 saturated heterocycles. The molecule has 0 aliphatic rings. The van der Waals surface area contributed by atoms with Crippen LogP contribution >= 0.6 is 11.3 Å². The van der Waals surface area contributed by atoms with E-state index in [2.05, 4.69) is 20.3 Å². The lowest BCUT2D eigenvalue weighted by molar-refractivity contribution is -0.384. The number of nitro benzene ring substituents is 1. The molecule has 126 valence electrons. The zero-order chi connectivity index (χ0) is 18.0. The molecule has 0 aliphatic carbocycles. The number of nitrogens with zero attached hydrogens (tertiary/aromatic N) is 5.